The Balaban J connectivity index is 3.23. The summed E-state index contributed by atoms with van der Waals surface area (Å²) in [5, 5.41) is 9.65. The fourth-order valence-electron chi connectivity index (χ4n) is 2.12. The maximum Gasteiger partial charge on any atom is 0.243 e. The van der Waals surface area contributed by atoms with E-state index in [0.717, 1.165) is 10.4 Å². The number of ether oxygens (including phenoxy) is 1. The first kappa shape index (κ1) is 17.8. The Bertz CT molecular complexity index is 619. The highest BCUT2D eigenvalue weighted by atomic mass is 32.2. The second kappa shape index (κ2) is 6.69. The number of nitrogens with two attached hydrogens (primary N) is 1. The minimum Gasteiger partial charge on any atom is -0.396 e. The summed E-state index contributed by atoms with van der Waals surface area (Å²) in [5.41, 5.74) is 5.82. The van der Waals surface area contributed by atoms with Crippen molar-refractivity contribution in [2.45, 2.75) is 24.8 Å². The van der Waals surface area contributed by atoms with E-state index in [1.165, 1.54) is 28.0 Å². The highest BCUT2D eigenvalue weighted by Gasteiger charge is 2.28. The van der Waals surface area contributed by atoms with Crippen LogP contribution in [-0.2, 0) is 14.8 Å². The Kier molecular flexibility index (Phi) is 5.68. The molecule has 1 aromatic rings. The van der Waals surface area contributed by atoms with Crippen LogP contribution in [0.3, 0.4) is 0 Å². The van der Waals surface area contributed by atoms with Crippen molar-refractivity contribution >= 4 is 15.7 Å². The second-order valence-electron chi connectivity index (χ2n) is 4.94. The maximum atomic E-state index is 13.5. The van der Waals surface area contributed by atoms with Gasteiger partial charge in [-0.15, -0.1) is 0 Å². The zero-order valence-corrected chi connectivity index (χ0v) is 13.4. The standard InChI is InChI=1S/C13H21FN2O4S/c1-8-5-11(14)12(15)9(2)13(8)21(18,19)16(3)6-10(17)7-20-4/h5,10,17H,6-7,15H2,1-4H3. The van der Waals surface area contributed by atoms with Gasteiger partial charge in [0.2, 0.25) is 10.0 Å². The minimum atomic E-state index is -3.88. The number of aryl methyl sites for hydroxylation is 1. The first-order valence-corrected chi connectivity index (χ1v) is 7.75. The number of nitrogens with zero attached hydrogens (tertiary/aromatic N) is 1. The lowest BCUT2D eigenvalue weighted by molar-refractivity contribution is 0.0554. The van der Waals surface area contributed by atoms with Crippen molar-refractivity contribution in [3.8, 4) is 0 Å². The van der Waals surface area contributed by atoms with E-state index in [4.69, 9.17) is 10.5 Å². The molecule has 6 nitrogen and oxygen atoms in total. The molecule has 0 saturated carbocycles. The van der Waals surface area contributed by atoms with E-state index in [2.05, 4.69) is 0 Å². The van der Waals surface area contributed by atoms with Crippen molar-refractivity contribution in [1.29, 1.82) is 0 Å². The van der Waals surface area contributed by atoms with Crippen molar-refractivity contribution in [3.63, 3.8) is 0 Å². The van der Waals surface area contributed by atoms with Gasteiger partial charge in [-0.05, 0) is 31.0 Å². The van der Waals surface area contributed by atoms with Crippen LogP contribution in [0.2, 0.25) is 0 Å². The summed E-state index contributed by atoms with van der Waals surface area (Å²) >= 11 is 0. The molecule has 0 bridgehead atoms. The minimum absolute atomic E-state index is 0.0172. The largest absolute Gasteiger partial charge is 0.396 e. The topological polar surface area (TPSA) is 92.9 Å². The summed E-state index contributed by atoms with van der Waals surface area (Å²) in [6, 6.07) is 1.09. The molecular weight excluding hydrogens is 299 g/mol. The normalized spacial score (nSPS) is 13.7. The van der Waals surface area contributed by atoms with Gasteiger partial charge in [0.1, 0.15) is 5.82 Å². The van der Waals surface area contributed by atoms with Crippen LogP contribution in [-0.4, -0.2) is 51.2 Å². The van der Waals surface area contributed by atoms with Crippen LogP contribution >= 0.6 is 0 Å². The van der Waals surface area contributed by atoms with Crippen LogP contribution < -0.4 is 5.73 Å². The molecule has 0 spiro atoms. The molecule has 120 valence electrons. The van der Waals surface area contributed by atoms with Crippen LogP contribution in [0.4, 0.5) is 10.1 Å². The van der Waals surface area contributed by atoms with Crippen LogP contribution in [0.15, 0.2) is 11.0 Å². The zero-order chi connectivity index (χ0) is 16.4. The van der Waals surface area contributed by atoms with Crippen molar-refractivity contribution in [1.82, 2.24) is 4.31 Å². The van der Waals surface area contributed by atoms with Gasteiger partial charge in [-0.1, -0.05) is 0 Å². The number of hydrogen-bond acceptors (Lipinski definition) is 5. The molecule has 1 atom stereocenters. The molecule has 21 heavy (non-hydrogen) atoms. The molecule has 1 aromatic carbocycles. The Morgan fingerprint density at radius 1 is 1.48 bits per heavy atom. The molecule has 3 N–H and O–H groups in total. The molecule has 1 unspecified atom stereocenters. The number of benzene rings is 1. The molecule has 0 fully saturated rings. The number of sulfonamides is 1. The van der Waals surface area contributed by atoms with E-state index < -0.39 is 21.9 Å². The Hall–Kier alpha value is -1.22. The van der Waals surface area contributed by atoms with Crippen LogP contribution in [0, 0.1) is 19.7 Å². The van der Waals surface area contributed by atoms with E-state index in [-0.39, 0.29) is 34.9 Å². The van der Waals surface area contributed by atoms with Gasteiger partial charge in [0, 0.05) is 20.7 Å². The molecule has 0 aliphatic heterocycles. The fourth-order valence-corrected chi connectivity index (χ4v) is 3.77. The summed E-state index contributed by atoms with van der Waals surface area (Å²) in [7, 11) is -1.13. The number of halogens is 1. The van der Waals surface area contributed by atoms with Crippen LogP contribution in [0.5, 0.6) is 0 Å². The van der Waals surface area contributed by atoms with Gasteiger partial charge in [0.15, 0.2) is 0 Å². The molecule has 0 radical (unpaired) electrons. The Morgan fingerprint density at radius 3 is 2.57 bits per heavy atom. The van der Waals surface area contributed by atoms with E-state index in [1.807, 2.05) is 0 Å². The second-order valence-corrected chi connectivity index (χ2v) is 6.92. The lowest BCUT2D eigenvalue weighted by Crippen LogP contribution is -2.37. The fraction of sp³-hybridized carbons (Fsp3) is 0.538. The number of anilines is 1. The summed E-state index contributed by atoms with van der Waals surface area (Å²) in [4.78, 5) is -0.0338. The van der Waals surface area contributed by atoms with Gasteiger partial charge < -0.3 is 15.6 Å². The lowest BCUT2D eigenvalue weighted by atomic mass is 10.1. The molecule has 0 aliphatic carbocycles. The van der Waals surface area contributed by atoms with Crippen molar-refractivity contribution in [3.05, 3.63) is 23.0 Å². The van der Waals surface area contributed by atoms with Crippen molar-refractivity contribution in [2.24, 2.45) is 0 Å². The zero-order valence-electron chi connectivity index (χ0n) is 12.6. The third-order valence-corrected chi connectivity index (χ3v) is 5.31. The summed E-state index contributed by atoms with van der Waals surface area (Å²) in [5.74, 6) is -0.647. The molecule has 8 heteroatoms. The third kappa shape index (κ3) is 3.70. The van der Waals surface area contributed by atoms with E-state index in [0.29, 0.717) is 0 Å². The number of methoxy groups -OCH3 is 1. The highest BCUT2D eigenvalue weighted by molar-refractivity contribution is 7.89. The molecular formula is C13H21FN2O4S. The van der Waals surface area contributed by atoms with Gasteiger partial charge in [0.25, 0.3) is 0 Å². The van der Waals surface area contributed by atoms with Crippen LogP contribution in [0.1, 0.15) is 11.1 Å². The van der Waals surface area contributed by atoms with Gasteiger partial charge in [0.05, 0.1) is 23.3 Å². The quantitative estimate of drug-likeness (QED) is 0.751. The third-order valence-electron chi connectivity index (χ3n) is 3.20. The molecule has 0 heterocycles. The average Bonchev–Trinajstić information content (AvgIpc) is 2.35. The summed E-state index contributed by atoms with van der Waals surface area (Å²) in [6.45, 7) is 2.84. The van der Waals surface area contributed by atoms with E-state index in [9.17, 15) is 17.9 Å². The number of hydrogen-bond donors (Lipinski definition) is 2. The Morgan fingerprint density at radius 2 is 2.05 bits per heavy atom. The SMILES string of the molecule is COCC(O)CN(C)S(=O)(=O)c1c(C)cc(F)c(N)c1C. The molecule has 0 aromatic heterocycles. The van der Waals surface area contributed by atoms with Gasteiger partial charge in [-0.2, -0.15) is 4.31 Å². The number of rotatable bonds is 6. The maximum absolute atomic E-state index is 13.5. The molecule has 0 saturated heterocycles. The highest BCUT2D eigenvalue weighted by Crippen LogP contribution is 2.29. The monoisotopic (exact) mass is 320 g/mol. The van der Waals surface area contributed by atoms with Crippen LogP contribution in [0.25, 0.3) is 0 Å². The van der Waals surface area contributed by atoms with Gasteiger partial charge >= 0.3 is 0 Å². The smallest absolute Gasteiger partial charge is 0.243 e. The lowest BCUT2D eigenvalue weighted by Gasteiger charge is -2.23. The first-order chi connectivity index (χ1) is 9.62. The van der Waals surface area contributed by atoms with Crippen molar-refractivity contribution < 1.29 is 22.7 Å². The van der Waals surface area contributed by atoms with Crippen molar-refractivity contribution in [2.75, 3.05) is 33.0 Å². The number of aliphatic hydroxyl groups is 1. The van der Waals surface area contributed by atoms with Gasteiger partial charge in [-0.3, -0.25) is 0 Å². The van der Waals surface area contributed by atoms with Gasteiger partial charge in [-0.25, -0.2) is 12.8 Å². The molecule has 0 aliphatic rings. The van der Waals surface area contributed by atoms with E-state index >= 15 is 0 Å². The summed E-state index contributed by atoms with van der Waals surface area (Å²) < 4.78 is 44.4. The predicted molar refractivity (Wildman–Crippen MR) is 78.0 cm³/mol. The average molecular weight is 320 g/mol. The molecule has 0 amide bonds. The molecule has 1 rings (SSSR count). The predicted octanol–water partition coefficient (Wildman–Crippen LogP) is 0.653. The number of aliphatic hydroxyl groups excluding tert-OH is 1. The first-order valence-electron chi connectivity index (χ1n) is 6.31. The number of nitrogen functional groups attached to an aromatic ring is 1. The summed E-state index contributed by atoms with van der Waals surface area (Å²) in [6.07, 6.45) is -0.951. The van der Waals surface area contributed by atoms with E-state index in [1.54, 1.807) is 0 Å². The number of likely N-dealkylation sites (N-methyl/N-ethyl adjacent to an activating group) is 1. The Labute approximate surface area is 124 Å².